The molecule has 0 aliphatic rings. The predicted octanol–water partition coefficient (Wildman–Crippen LogP) is 3.34. The Morgan fingerprint density at radius 3 is 2.21 bits per heavy atom. The van der Waals surface area contributed by atoms with Gasteiger partial charge < -0.3 is 5.32 Å². The lowest BCUT2D eigenvalue weighted by atomic mass is 10.3. The highest BCUT2D eigenvalue weighted by Crippen LogP contribution is 2.11. The Morgan fingerprint density at radius 2 is 1.63 bits per heavy atom. The van der Waals surface area contributed by atoms with Gasteiger partial charge in [0.25, 0.3) is 0 Å². The maximum absolute atomic E-state index is 11.8. The topological polar surface area (TPSA) is 66.9 Å². The molecule has 0 aliphatic heterocycles. The second kappa shape index (κ2) is 5.96. The molecule has 0 aliphatic carbocycles. The maximum atomic E-state index is 11.8. The molecule has 1 heterocycles. The molecule has 1 aromatic heterocycles. The van der Waals surface area contributed by atoms with Gasteiger partial charge in [0.1, 0.15) is 0 Å². The van der Waals surface area contributed by atoms with Gasteiger partial charge in [0.2, 0.25) is 5.95 Å². The summed E-state index contributed by atoms with van der Waals surface area (Å²) in [6.45, 7) is 3.72. The van der Waals surface area contributed by atoms with Crippen LogP contribution in [0.15, 0.2) is 30.3 Å². The zero-order valence-corrected chi connectivity index (χ0v) is 12.7. The van der Waals surface area contributed by atoms with Crippen molar-refractivity contribution >= 4 is 40.3 Å². The third-order valence-corrected chi connectivity index (χ3v) is 3.03. The molecule has 1 aromatic carbocycles. The number of aromatic nitrogens is 2. The van der Waals surface area contributed by atoms with Crippen molar-refractivity contribution in [2.24, 2.45) is 0 Å². The average Bonchev–Trinajstić information content (AvgIpc) is 2.30. The molecule has 0 unspecified atom stereocenters. The van der Waals surface area contributed by atoms with Crippen LogP contribution in [0, 0.1) is 17.4 Å². The van der Waals surface area contributed by atoms with E-state index < -0.39 is 0 Å². The Hall–Kier alpha value is -1.70. The van der Waals surface area contributed by atoms with Crippen molar-refractivity contribution in [1.29, 1.82) is 0 Å². The number of amides is 2. The van der Waals surface area contributed by atoms with E-state index in [0.29, 0.717) is 5.95 Å². The number of carbonyl (C=O) groups excluding carboxylic acids is 1. The van der Waals surface area contributed by atoms with Crippen LogP contribution in [0.1, 0.15) is 11.4 Å². The first-order chi connectivity index (χ1) is 9.02. The number of halogens is 1. The van der Waals surface area contributed by atoms with E-state index in [1.165, 1.54) is 0 Å². The van der Waals surface area contributed by atoms with Gasteiger partial charge in [0.15, 0.2) is 0 Å². The first-order valence-corrected chi connectivity index (χ1v) is 6.77. The number of aryl methyl sites for hydroxylation is 2. The van der Waals surface area contributed by atoms with Gasteiger partial charge in [-0.15, -0.1) is 0 Å². The van der Waals surface area contributed by atoms with Crippen LogP contribution in [-0.4, -0.2) is 16.0 Å². The first kappa shape index (κ1) is 13.7. The molecule has 6 heteroatoms. The van der Waals surface area contributed by atoms with Crippen LogP contribution >= 0.6 is 22.6 Å². The van der Waals surface area contributed by atoms with Crippen LogP contribution in [0.25, 0.3) is 0 Å². The number of nitrogens with one attached hydrogen (secondary N) is 2. The molecule has 0 saturated carbocycles. The molecule has 0 bridgehead atoms. The molecule has 19 heavy (non-hydrogen) atoms. The molecule has 2 N–H and O–H groups in total. The Kier molecular flexibility index (Phi) is 4.31. The van der Waals surface area contributed by atoms with Crippen molar-refractivity contribution in [2.45, 2.75) is 13.8 Å². The zero-order valence-electron chi connectivity index (χ0n) is 10.6. The lowest BCUT2D eigenvalue weighted by Gasteiger charge is -2.07. The zero-order chi connectivity index (χ0) is 13.8. The number of benzene rings is 1. The van der Waals surface area contributed by atoms with E-state index in [-0.39, 0.29) is 6.03 Å². The van der Waals surface area contributed by atoms with Crippen LogP contribution in [0.2, 0.25) is 0 Å². The normalized spacial score (nSPS) is 10.1. The van der Waals surface area contributed by atoms with E-state index in [9.17, 15) is 4.79 Å². The Bertz CT molecular complexity index is 578. The number of nitrogens with zero attached hydrogens (tertiary/aromatic N) is 2. The van der Waals surface area contributed by atoms with Crippen molar-refractivity contribution in [3.05, 3.63) is 45.3 Å². The molecule has 0 radical (unpaired) electrons. The van der Waals surface area contributed by atoms with Crippen molar-refractivity contribution in [3.8, 4) is 0 Å². The van der Waals surface area contributed by atoms with Crippen molar-refractivity contribution < 1.29 is 4.79 Å². The number of hydrogen-bond acceptors (Lipinski definition) is 3. The van der Waals surface area contributed by atoms with E-state index in [1.54, 1.807) is 0 Å². The van der Waals surface area contributed by atoms with Crippen LogP contribution < -0.4 is 10.6 Å². The van der Waals surface area contributed by atoms with Gasteiger partial charge in [-0.1, -0.05) is 0 Å². The second-order valence-electron chi connectivity index (χ2n) is 4.06. The van der Waals surface area contributed by atoms with Crippen LogP contribution in [0.5, 0.6) is 0 Å². The Morgan fingerprint density at radius 1 is 1.05 bits per heavy atom. The molecule has 2 amide bonds. The maximum Gasteiger partial charge on any atom is 0.326 e. The molecule has 0 atom stereocenters. The summed E-state index contributed by atoms with van der Waals surface area (Å²) in [6.07, 6.45) is 0. The lowest BCUT2D eigenvalue weighted by Crippen LogP contribution is -2.21. The summed E-state index contributed by atoms with van der Waals surface area (Å²) < 4.78 is 1.11. The molecule has 2 rings (SSSR count). The van der Waals surface area contributed by atoms with Crippen molar-refractivity contribution in [2.75, 3.05) is 10.6 Å². The van der Waals surface area contributed by atoms with Gasteiger partial charge in [-0.3, -0.25) is 5.32 Å². The van der Waals surface area contributed by atoms with E-state index >= 15 is 0 Å². The molecule has 0 saturated heterocycles. The SMILES string of the molecule is Cc1cc(C)nc(NC(=O)Nc2ccc(I)cc2)n1. The smallest absolute Gasteiger partial charge is 0.308 e. The fourth-order valence-corrected chi connectivity index (χ4v) is 1.94. The highest BCUT2D eigenvalue weighted by molar-refractivity contribution is 14.1. The van der Waals surface area contributed by atoms with Gasteiger partial charge in [0.05, 0.1) is 0 Å². The average molecular weight is 368 g/mol. The van der Waals surface area contributed by atoms with Gasteiger partial charge in [-0.2, -0.15) is 0 Å². The Balaban J connectivity index is 2.03. The lowest BCUT2D eigenvalue weighted by molar-refractivity contribution is 0.262. The third kappa shape index (κ3) is 4.16. The third-order valence-electron chi connectivity index (χ3n) is 2.31. The molecule has 0 fully saturated rings. The van der Waals surface area contributed by atoms with E-state index in [4.69, 9.17) is 0 Å². The summed E-state index contributed by atoms with van der Waals surface area (Å²) in [7, 11) is 0. The van der Waals surface area contributed by atoms with E-state index in [2.05, 4.69) is 43.2 Å². The molecular weight excluding hydrogens is 355 g/mol. The first-order valence-electron chi connectivity index (χ1n) is 5.69. The minimum absolute atomic E-state index is 0.306. The van der Waals surface area contributed by atoms with Gasteiger partial charge in [-0.25, -0.2) is 14.8 Å². The highest BCUT2D eigenvalue weighted by Gasteiger charge is 2.05. The minimum Gasteiger partial charge on any atom is -0.308 e. The fraction of sp³-hybridized carbons (Fsp3) is 0.154. The minimum atomic E-state index is -0.355. The van der Waals surface area contributed by atoms with Gasteiger partial charge >= 0.3 is 6.03 Å². The van der Waals surface area contributed by atoms with Crippen molar-refractivity contribution in [1.82, 2.24) is 9.97 Å². The second-order valence-corrected chi connectivity index (χ2v) is 5.31. The van der Waals surface area contributed by atoms with E-state index in [1.807, 2.05) is 44.2 Å². The number of urea groups is 1. The largest absolute Gasteiger partial charge is 0.326 e. The number of rotatable bonds is 2. The summed E-state index contributed by atoms with van der Waals surface area (Å²) in [5, 5.41) is 5.34. The predicted molar refractivity (Wildman–Crippen MR) is 83.3 cm³/mol. The molecule has 5 nitrogen and oxygen atoms in total. The summed E-state index contributed by atoms with van der Waals surface area (Å²) >= 11 is 2.21. The number of hydrogen-bond donors (Lipinski definition) is 2. The fourth-order valence-electron chi connectivity index (χ4n) is 1.58. The number of carbonyl (C=O) groups is 1. The molecule has 2 aromatic rings. The summed E-state index contributed by atoms with van der Waals surface area (Å²) in [5.41, 5.74) is 2.36. The summed E-state index contributed by atoms with van der Waals surface area (Å²) in [4.78, 5) is 20.1. The highest BCUT2D eigenvalue weighted by atomic mass is 127. The van der Waals surface area contributed by atoms with Gasteiger partial charge in [0, 0.05) is 20.6 Å². The molecule has 0 spiro atoms. The molecule has 98 valence electrons. The van der Waals surface area contributed by atoms with Crippen LogP contribution in [0.4, 0.5) is 16.4 Å². The molecular formula is C13H13IN4O. The van der Waals surface area contributed by atoms with Crippen molar-refractivity contribution in [3.63, 3.8) is 0 Å². The monoisotopic (exact) mass is 368 g/mol. The van der Waals surface area contributed by atoms with Crippen LogP contribution in [0.3, 0.4) is 0 Å². The Labute approximate surface area is 125 Å². The summed E-state index contributed by atoms with van der Waals surface area (Å²) in [5.74, 6) is 0.306. The van der Waals surface area contributed by atoms with Gasteiger partial charge in [-0.05, 0) is 66.8 Å². The van der Waals surface area contributed by atoms with Crippen LogP contribution in [-0.2, 0) is 0 Å². The standard InChI is InChI=1S/C13H13IN4O/c1-8-7-9(2)16-12(15-8)18-13(19)17-11-5-3-10(14)4-6-11/h3-7H,1-2H3,(H2,15,16,17,18,19). The summed E-state index contributed by atoms with van der Waals surface area (Å²) in [6, 6.07) is 9.01. The quantitative estimate of drug-likeness (QED) is 0.799. The van der Waals surface area contributed by atoms with E-state index in [0.717, 1.165) is 20.6 Å². The number of anilines is 2.